The number of aromatic nitrogens is 4. The van der Waals surface area contributed by atoms with E-state index in [4.69, 9.17) is 4.52 Å². The second-order valence-corrected chi connectivity index (χ2v) is 6.08. The lowest BCUT2D eigenvalue weighted by Crippen LogP contribution is -2.37. The molecule has 4 rings (SSSR count). The van der Waals surface area contributed by atoms with E-state index in [1.54, 1.807) is 10.6 Å². The van der Waals surface area contributed by atoms with Gasteiger partial charge in [0.15, 0.2) is 0 Å². The Balaban J connectivity index is 1.80. The molecular formula is C16H18FN5O2. The third kappa shape index (κ3) is 2.17. The zero-order valence-corrected chi connectivity index (χ0v) is 13.5. The zero-order valence-electron chi connectivity index (χ0n) is 13.5. The predicted molar refractivity (Wildman–Crippen MR) is 85.8 cm³/mol. The van der Waals surface area contributed by atoms with Gasteiger partial charge >= 0.3 is 5.69 Å². The Morgan fingerprint density at radius 1 is 1.38 bits per heavy atom. The molecule has 8 heteroatoms. The van der Waals surface area contributed by atoms with Gasteiger partial charge in [0.2, 0.25) is 5.89 Å². The molecule has 2 aromatic heterocycles. The summed E-state index contributed by atoms with van der Waals surface area (Å²) < 4.78 is 21.9. The fraction of sp³-hybridized carbons (Fsp3) is 0.438. The Kier molecular flexibility index (Phi) is 3.49. The Morgan fingerprint density at radius 2 is 2.17 bits per heavy atom. The normalized spacial score (nSPS) is 20.5. The van der Waals surface area contributed by atoms with Crippen LogP contribution >= 0.6 is 0 Å². The molecule has 0 spiro atoms. The Labute approximate surface area is 137 Å². The number of fused-ring (bicyclic) bond motifs is 1. The molecule has 1 N–H and O–H groups in total. The van der Waals surface area contributed by atoms with Crippen LogP contribution in [0.2, 0.25) is 0 Å². The smallest absolute Gasteiger partial charge is 0.336 e. The largest absolute Gasteiger partial charge is 0.337 e. The van der Waals surface area contributed by atoms with E-state index in [0.717, 1.165) is 12.8 Å². The number of nitrogens with zero attached hydrogens (tertiary/aromatic N) is 4. The molecule has 1 aliphatic rings. The van der Waals surface area contributed by atoms with Crippen molar-refractivity contribution in [2.45, 2.75) is 38.3 Å². The summed E-state index contributed by atoms with van der Waals surface area (Å²) >= 11 is 0. The average Bonchev–Trinajstić information content (AvgIpc) is 3.08. The summed E-state index contributed by atoms with van der Waals surface area (Å²) in [6.07, 6.45) is 1.86. The molecule has 24 heavy (non-hydrogen) atoms. The SMILES string of the molecule is CCn1c(=O)n(-c2noc(C3CC(NC)C3)n2)c2cc(F)ccc21. The van der Waals surface area contributed by atoms with Gasteiger partial charge in [-0.05, 0) is 44.1 Å². The van der Waals surface area contributed by atoms with Crippen LogP contribution in [0.3, 0.4) is 0 Å². The zero-order chi connectivity index (χ0) is 16.8. The van der Waals surface area contributed by atoms with Crippen molar-refractivity contribution in [3.63, 3.8) is 0 Å². The number of imidazole rings is 1. The van der Waals surface area contributed by atoms with Crippen LogP contribution in [0.25, 0.3) is 17.0 Å². The van der Waals surface area contributed by atoms with Gasteiger partial charge in [-0.1, -0.05) is 0 Å². The van der Waals surface area contributed by atoms with Crippen molar-refractivity contribution in [1.29, 1.82) is 0 Å². The minimum atomic E-state index is -0.413. The van der Waals surface area contributed by atoms with Crippen LogP contribution in [0.4, 0.5) is 4.39 Å². The number of hydrogen-bond donors (Lipinski definition) is 1. The third-order valence-corrected chi connectivity index (χ3v) is 4.73. The van der Waals surface area contributed by atoms with Crippen LogP contribution in [-0.2, 0) is 6.54 Å². The molecule has 0 atom stereocenters. The lowest BCUT2D eigenvalue weighted by atomic mass is 9.80. The van der Waals surface area contributed by atoms with Crippen LogP contribution < -0.4 is 11.0 Å². The molecule has 2 heterocycles. The average molecular weight is 331 g/mol. The molecule has 126 valence electrons. The quantitative estimate of drug-likeness (QED) is 0.789. The number of rotatable bonds is 4. The van der Waals surface area contributed by atoms with E-state index in [9.17, 15) is 9.18 Å². The van der Waals surface area contributed by atoms with Gasteiger partial charge in [-0.15, -0.1) is 0 Å². The van der Waals surface area contributed by atoms with E-state index in [1.807, 2.05) is 14.0 Å². The van der Waals surface area contributed by atoms with Gasteiger partial charge in [0.05, 0.1) is 11.0 Å². The molecule has 3 aromatic rings. The maximum Gasteiger partial charge on any atom is 0.336 e. The topological polar surface area (TPSA) is 77.9 Å². The van der Waals surface area contributed by atoms with E-state index >= 15 is 0 Å². The highest BCUT2D eigenvalue weighted by molar-refractivity contribution is 5.77. The summed E-state index contributed by atoms with van der Waals surface area (Å²) in [7, 11) is 1.92. The first-order valence-corrected chi connectivity index (χ1v) is 8.04. The van der Waals surface area contributed by atoms with Gasteiger partial charge in [0.1, 0.15) is 5.82 Å². The summed E-state index contributed by atoms with van der Waals surface area (Å²) in [6, 6.07) is 4.71. The molecule has 0 saturated heterocycles. The van der Waals surface area contributed by atoms with Crippen molar-refractivity contribution in [2.75, 3.05) is 7.05 Å². The fourth-order valence-corrected chi connectivity index (χ4v) is 3.27. The number of benzene rings is 1. The molecule has 1 saturated carbocycles. The van der Waals surface area contributed by atoms with Crippen molar-refractivity contribution in [3.8, 4) is 5.95 Å². The number of halogens is 1. The molecule has 0 bridgehead atoms. The van der Waals surface area contributed by atoms with Crippen LogP contribution in [0, 0.1) is 5.82 Å². The molecule has 7 nitrogen and oxygen atoms in total. The first-order chi connectivity index (χ1) is 11.6. The van der Waals surface area contributed by atoms with Gasteiger partial charge in [0.25, 0.3) is 5.95 Å². The fourth-order valence-electron chi connectivity index (χ4n) is 3.27. The highest BCUT2D eigenvalue weighted by Gasteiger charge is 2.33. The van der Waals surface area contributed by atoms with E-state index in [0.29, 0.717) is 29.5 Å². The van der Waals surface area contributed by atoms with E-state index < -0.39 is 5.82 Å². The molecule has 0 radical (unpaired) electrons. The molecule has 1 aromatic carbocycles. The summed E-state index contributed by atoms with van der Waals surface area (Å²) in [5.41, 5.74) is 0.789. The predicted octanol–water partition coefficient (Wildman–Crippen LogP) is 1.80. The van der Waals surface area contributed by atoms with E-state index in [-0.39, 0.29) is 17.6 Å². The second kappa shape index (κ2) is 5.55. The van der Waals surface area contributed by atoms with Crippen molar-refractivity contribution >= 4 is 11.0 Å². The maximum atomic E-state index is 13.7. The van der Waals surface area contributed by atoms with Crippen LogP contribution in [-0.4, -0.2) is 32.4 Å². The first-order valence-electron chi connectivity index (χ1n) is 8.04. The molecule has 1 aliphatic carbocycles. The highest BCUT2D eigenvalue weighted by atomic mass is 19.1. The number of aryl methyl sites for hydroxylation is 1. The standard InChI is InChI=1S/C16H18FN5O2/c1-3-21-12-5-4-10(17)8-13(12)22(16(21)23)15-19-14(24-20-15)9-6-11(7-9)18-2/h4-5,8-9,11,18H,3,6-7H2,1-2H3. The summed E-state index contributed by atoms with van der Waals surface area (Å²) in [5.74, 6) is 0.475. The van der Waals surface area contributed by atoms with Crippen molar-refractivity contribution < 1.29 is 8.91 Å². The van der Waals surface area contributed by atoms with Gasteiger partial charge in [-0.2, -0.15) is 4.98 Å². The van der Waals surface area contributed by atoms with Gasteiger partial charge in [-0.3, -0.25) is 4.57 Å². The Bertz CT molecular complexity index is 951. The van der Waals surface area contributed by atoms with Gasteiger partial charge in [-0.25, -0.2) is 13.8 Å². The molecule has 0 unspecified atom stereocenters. The highest BCUT2D eigenvalue weighted by Crippen LogP contribution is 2.35. The van der Waals surface area contributed by atoms with Crippen molar-refractivity contribution in [2.24, 2.45) is 0 Å². The van der Waals surface area contributed by atoms with Crippen LogP contribution in [0.5, 0.6) is 0 Å². The summed E-state index contributed by atoms with van der Waals surface area (Å²) in [5, 5.41) is 7.15. The molecule has 0 aliphatic heterocycles. The number of nitrogens with one attached hydrogen (secondary N) is 1. The minimum Gasteiger partial charge on any atom is -0.337 e. The molecule has 0 amide bonds. The summed E-state index contributed by atoms with van der Waals surface area (Å²) in [4.78, 5) is 17.0. The monoisotopic (exact) mass is 331 g/mol. The van der Waals surface area contributed by atoms with Crippen molar-refractivity contribution in [3.05, 3.63) is 40.4 Å². The Morgan fingerprint density at radius 3 is 2.88 bits per heavy atom. The first kappa shape index (κ1) is 15.1. The lowest BCUT2D eigenvalue weighted by molar-refractivity contribution is 0.242. The van der Waals surface area contributed by atoms with Crippen LogP contribution in [0.1, 0.15) is 31.6 Å². The van der Waals surface area contributed by atoms with Crippen molar-refractivity contribution in [1.82, 2.24) is 24.6 Å². The van der Waals surface area contributed by atoms with Gasteiger partial charge < -0.3 is 9.84 Å². The Hall–Kier alpha value is -2.48. The third-order valence-electron chi connectivity index (χ3n) is 4.73. The molecular weight excluding hydrogens is 313 g/mol. The number of hydrogen-bond acceptors (Lipinski definition) is 5. The lowest BCUT2D eigenvalue weighted by Gasteiger charge is -2.32. The molecule has 1 fully saturated rings. The van der Waals surface area contributed by atoms with Crippen LogP contribution in [0.15, 0.2) is 27.5 Å². The van der Waals surface area contributed by atoms with E-state index in [1.165, 1.54) is 16.7 Å². The van der Waals surface area contributed by atoms with Gasteiger partial charge in [0, 0.05) is 24.6 Å². The minimum absolute atomic E-state index is 0.158. The summed E-state index contributed by atoms with van der Waals surface area (Å²) in [6.45, 7) is 2.34. The maximum absolute atomic E-state index is 13.7. The van der Waals surface area contributed by atoms with E-state index in [2.05, 4.69) is 15.5 Å². The second-order valence-electron chi connectivity index (χ2n) is 6.08.